The maximum Gasteiger partial charge on any atom is 0.305 e. The second-order valence-electron chi connectivity index (χ2n) is 4.37. The summed E-state index contributed by atoms with van der Waals surface area (Å²) in [4.78, 5) is 35.1. The lowest BCUT2D eigenvalue weighted by atomic mass is 10.1. The van der Waals surface area contributed by atoms with E-state index in [1.807, 2.05) is 6.92 Å². The molecule has 0 atom stereocenters. The van der Waals surface area contributed by atoms with E-state index in [0.29, 0.717) is 10.6 Å². The van der Waals surface area contributed by atoms with Gasteiger partial charge in [0.2, 0.25) is 0 Å². The second-order valence-corrected chi connectivity index (χ2v) is 5.59. The van der Waals surface area contributed by atoms with Crippen molar-refractivity contribution in [3.63, 3.8) is 0 Å². The number of amides is 2. The molecule has 0 aliphatic carbocycles. The summed E-state index contributed by atoms with van der Waals surface area (Å²) in [5, 5.41) is 14.2. The predicted molar refractivity (Wildman–Crippen MR) is 78.9 cm³/mol. The van der Waals surface area contributed by atoms with Gasteiger partial charge in [0.25, 0.3) is 11.8 Å². The third kappa shape index (κ3) is 4.83. The maximum absolute atomic E-state index is 12.1. The summed E-state index contributed by atoms with van der Waals surface area (Å²) in [6.45, 7) is 3.56. The van der Waals surface area contributed by atoms with E-state index >= 15 is 0 Å². The molecule has 0 saturated heterocycles. The van der Waals surface area contributed by atoms with Crippen LogP contribution in [0, 0.1) is 13.8 Å². The molecule has 1 heterocycles. The highest BCUT2D eigenvalue weighted by Gasteiger charge is 2.20. The molecule has 0 spiro atoms. The average Bonchev–Trinajstić information content (AvgIpc) is 2.64. The third-order valence-electron chi connectivity index (χ3n) is 2.77. The van der Waals surface area contributed by atoms with Crippen LogP contribution in [-0.2, 0) is 14.3 Å². The van der Waals surface area contributed by atoms with Gasteiger partial charge >= 0.3 is 5.97 Å². The van der Waals surface area contributed by atoms with Gasteiger partial charge < -0.3 is 20.5 Å². The van der Waals surface area contributed by atoms with Gasteiger partial charge in [-0.3, -0.25) is 14.4 Å². The molecule has 0 unspecified atom stereocenters. The van der Waals surface area contributed by atoms with E-state index in [2.05, 4.69) is 10.6 Å². The number of anilines is 1. The van der Waals surface area contributed by atoms with Crippen molar-refractivity contribution in [2.45, 2.75) is 20.3 Å². The Morgan fingerprint density at radius 3 is 2.52 bits per heavy atom. The Morgan fingerprint density at radius 2 is 1.95 bits per heavy atom. The number of rotatable bonds is 7. The van der Waals surface area contributed by atoms with Gasteiger partial charge in [-0.1, -0.05) is 0 Å². The van der Waals surface area contributed by atoms with E-state index < -0.39 is 11.9 Å². The number of hydrogen-bond donors (Lipinski definition) is 3. The number of nitrogens with one attached hydrogen (secondary N) is 2. The fourth-order valence-electron chi connectivity index (χ4n) is 1.65. The molecule has 1 rings (SSSR count). The van der Waals surface area contributed by atoms with Gasteiger partial charge in [-0.15, -0.1) is 11.3 Å². The number of carboxylic acids is 1. The van der Waals surface area contributed by atoms with E-state index in [1.165, 1.54) is 18.4 Å². The number of methoxy groups -OCH3 is 1. The molecular formula is C13H18N2O5S. The molecule has 1 aromatic rings. The second kappa shape index (κ2) is 7.75. The van der Waals surface area contributed by atoms with E-state index in [4.69, 9.17) is 9.84 Å². The van der Waals surface area contributed by atoms with E-state index in [0.717, 1.165) is 10.4 Å². The summed E-state index contributed by atoms with van der Waals surface area (Å²) in [6, 6.07) is 0. The van der Waals surface area contributed by atoms with Crippen molar-refractivity contribution in [3.8, 4) is 0 Å². The first-order chi connectivity index (χ1) is 9.86. The lowest BCUT2D eigenvalue weighted by molar-refractivity contribution is -0.136. The fourth-order valence-corrected chi connectivity index (χ4v) is 2.73. The summed E-state index contributed by atoms with van der Waals surface area (Å²) < 4.78 is 4.73. The summed E-state index contributed by atoms with van der Waals surface area (Å²) >= 11 is 1.30. The average molecular weight is 314 g/mol. The molecule has 0 radical (unpaired) electrons. The molecule has 0 bridgehead atoms. The fraction of sp³-hybridized carbons (Fsp3) is 0.462. The normalized spacial score (nSPS) is 10.2. The van der Waals surface area contributed by atoms with Gasteiger partial charge in [0.1, 0.15) is 11.6 Å². The first-order valence-electron chi connectivity index (χ1n) is 6.25. The highest BCUT2D eigenvalue weighted by molar-refractivity contribution is 7.16. The zero-order chi connectivity index (χ0) is 16.0. The number of hydrogen-bond acceptors (Lipinski definition) is 5. The molecule has 0 fully saturated rings. The highest BCUT2D eigenvalue weighted by atomic mass is 32.1. The molecule has 0 aromatic carbocycles. The largest absolute Gasteiger partial charge is 0.481 e. The molecule has 3 N–H and O–H groups in total. The maximum atomic E-state index is 12.1. The van der Waals surface area contributed by atoms with Gasteiger partial charge in [0.05, 0.1) is 12.0 Å². The number of carboxylic acid groups (broad SMARTS) is 1. The lowest BCUT2D eigenvalue weighted by Gasteiger charge is -2.07. The van der Waals surface area contributed by atoms with Crippen LogP contribution in [0.25, 0.3) is 0 Å². The first kappa shape index (κ1) is 17.1. The number of aryl methyl sites for hydroxylation is 1. The van der Waals surface area contributed by atoms with Gasteiger partial charge in [-0.05, 0) is 19.4 Å². The summed E-state index contributed by atoms with van der Waals surface area (Å²) in [7, 11) is 1.41. The molecular weight excluding hydrogens is 296 g/mol. The van der Waals surface area contributed by atoms with Crippen LogP contribution >= 0.6 is 11.3 Å². The van der Waals surface area contributed by atoms with Crippen LogP contribution in [0.1, 0.15) is 27.2 Å². The molecule has 21 heavy (non-hydrogen) atoms. The number of aliphatic carboxylic acids is 1. The molecule has 0 aliphatic rings. The van der Waals surface area contributed by atoms with Crippen molar-refractivity contribution in [3.05, 3.63) is 16.0 Å². The van der Waals surface area contributed by atoms with Crippen molar-refractivity contribution in [2.24, 2.45) is 0 Å². The Labute approximate surface area is 126 Å². The van der Waals surface area contributed by atoms with E-state index in [9.17, 15) is 14.4 Å². The van der Waals surface area contributed by atoms with E-state index in [-0.39, 0.29) is 25.5 Å². The van der Waals surface area contributed by atoms with Crippen molar-refractivity contribution in [1.29, 1.82) is 0 Å². The number of ether oxygens (including phenoxy) is 1. The van der Waals surface area contributed by atoms with Crippen LogP contribution in [0.5, 0.6) is 0 Å². The third-order valence-corrected chi connectivity index (χ3v) is 3.89. The standard InChI is InChI=1S/C13H18N2O5S/c1-7-8(2)21-13(15-9(16)6-20-3)11(7)12(19)14-5-4-10(17)18/h4-6H2,1-3H3,(H,14,19)(H,15,16)(H,17,18). The van der Waals surface area contributed by atoms with Gasteiger partial charge in [0.15, 0.2) is 0 Å². The van der Waals surface area contributed by atoms with Crippen LogP contribution in [-0.4, -0.2) is 43.2 Å². The molecule has 8 heteroatoms. The summed E-state index contributed by atoms with van der Waals surface area (Å²) in [5.74, 6) is -1.73. The number of carbonyl (C=O) groups is 3. The van der Waals surface area contributed by atoms with Crippen LogP contribution < -0.4 is 10.6 Å². The highest BCUT2D eigenvalue weighted by Crippen LogP contribution is 2.32. The van der Waals surface area contributed by atoms with E-state index in [1.54, 1.807) is 6.92 Å². The Bertz CT molecular complexity index is 553. The molecule has 1 aromatic heterocycles. The minimum absolute atomic E-state index is 0.0357. The first-order valence-corrected chi connectivity index (χ1v) is 7.07. The van der Waals surface area contributed by atoms with Crippen molar-refractivity contribution in [2.75, 3.05) is 25.6 Å². The SMILES string of the molecule is COCC(=O)Nc1sc(C)c(C)c1C(=O)NCCC(=O)O. The zero-order valence-corrected chi connectivity index (χ0v) is 12.9. The molecule has 7 nitrogen and oxygen atoms in total. The summed E-state index contributed by atoms with van der Waals surface area (Å²) in [5.41, 5.74) is 1.13. The topological polar surface area (TPSA) is 105 Å². The number of carbonyl (C=O) groups excluding carboxylic acids is 2. The summed E-state index contributed by atoms with van der Waals surface area (Å²) in [6.07, 6.45) is -0.153. The van der Waals surface area contributed by atoms with Gasteiger partial charge in [-0.2, -0.15) is 0 Å². The van der Waals surface area contributed by atoms with Gasteiger partial charge in [-0.25, -0.2) is 0 Å². The predicted octanol–water partition coefficient (Wildman–Crippen LogP) is 1.15. The minimum Gasteiger partial charge on any atom is -0.481 e. The van der Waals surface area contributed by atoms with Crippen molar-refractivity contribution in [1.82, 2.24) is 5.32 Å². The van der Waals surface area contributed by atoms with Crippen molar-refractivity contribution >= 4 is 34.1 Å². The Balaban J connectivity index is 2.86. The smallest absolute Gasteiger partial charge is 0.305 e. The molecule has 116 valence electrons. The Kier molecular flexibility index (Phi) is 6.32. The minimum atomic E-state index is -0.984. The Morgan fingerprint density at radius 1 is 1.29 bits per heavy atom. The molecule has 2 amide bonds. The van der Waals surface area contributed by atoms with Crippen LogP contribution in [0.2, 0.25) is 0 Å². The lowest BCUT2D eigenvalue weighted by Crippen LogP contribution is -2.27. The molecule has 0 saturated carbocycles. The van der Waals surface area contributed by atoms with Crippen LogP contribution in [0.4, 0.5) is 5.00 Å². The van der Waals surface area contributed by atoms with Gasteiger partial charge in [0, 0.05) is 18.5 Å². The zero-order valence-electron chi connectivity index (χ0n) is 12.1. The number of thiophene rings is 1. The van der Waals surface area contributed by atoms with Crippen LogP contribution in [0.3, 0.4) is 0 Å². The van der Waals surface area contributed by atoms with Crippen molar-refractivity contribution < 1.29 is 24.2 Å². The monoisotopic (exact) mass is 314 g/mol. The van der Waals surface area contributed by atoms with Crippen LogP contribution in [0.15, 0.2) is 0 Å². The molecule has 0 aliphatic heterocycles. The Hall–Kier alpha value is -1.93. The quantitative estimate of drug-likeness (QED) is 0.700.